The largest absolute Gasteiger partial charge is 0.350 e. The van der Waals surface area contributed by atoms with E-state index in [1.807, 2.05) is 0 Å². The Labute approximate surface area is 90.0 Å². The molecule has 0 aliphatic carbocycles. The smallest absolute Gasteiger partial charge is 0.218 e. The molecule has 0 fully saturated rings. The number of fused-ring (bicyclic) bond motifs is 1. The van der Waals surface area contributed by atoms with E-state index in [4.69, 9.17) is 6.57 Å². The summed E-state index contributed by atoms with van der Waals surface area (Å²) in [5.41, 5.74) is 3.85. The highest BCUT2D eigenvalue weighted by Gasteiger charge is 2.08. The molecule has 0 aliphatic rings. The number of aryl methyl sites for hydroxylation is 2. The summed E-state index contributed by atoms with van der Waals surface area (Å²) in [6.07, 6.45) is 2.99. The minimum Gasteiger partial charge on any atom is -0.350 e. The normalized spacial score (nSPS) is 10.5. The Morgan fingerprint density at radius 1 is 1.40 bits per heavy atom. The Morgan fingerprint density at radius 3 is 2.93 bits per heavy atom. The first-order chi connectivity index (χ1) is 7.24. The summed E-state index contributed by atoms with van der Waals surface area (Å²) in [6, 6.07) is 6.34. The van der Waals surface area contributed by atoms with Gasteiger partial charge in [-0.1, -0.05) is 12.1 Å². The van der Waals surface area contributed by atoms with E-state index in [1.54, 1.807) is 0 Å². The summed E-state index contributed by atoms with van der Waals surface area (Å²) in [7, 11) is 2.06. The molecule has 76 valence electrons. The fraction of sp³-hybridized carbons (Fsp3) is 0.308. The van der Waals surface area contributed by atoms with Gasteiger partial charge in [0.2, 0.25) is 6.54 Å². The fourth-order valence-electron chi connectivity index (χ4n) is 2.10. The van der Waals surface area contributed by atoms with Gasteiger partial charge in [-0.25, -0.2) is 6.57 Å². The lowest BCUT2D eigenvalue weighted by Crippen LogP contribution is -1.86. The van der Waals surface area contributed by atoms with Crippen LogP contribution >= 0.6 is 0 Å². The summed E-state index contributed by atoms with van der Waals surface area (Å²) in [5, 5.41) is 1.32. The fourth-order valence-corrected chi connectivity index (χ4v) is 2.10. The molecule has 0 atom stereocenters. The van der Waals surface area contributed by atoms with Gasteiger partial charge in [-0.15, -0.1) is 0 Å². The van der Waals surface area contributed by atoms with Gasteiger partial charge < -0.3 is 9.41 Å². The number of aromatic nitrogens is 1. The molecular weight excluding hydrogens is 184 g/mol. The van der Waals surface area contributed by atoms with Crippen LogP contribution in [0.25, 0.3) is 15.7 Å². The van der Waals surface area contributed by atoms with Gasteiger partial charge in [0.05, 0.1) is 0 Å². The quantitative estimate of drug-likeness (QED) is 0.656. The molecule has 0 radical (unpaired) electrons. The molecule has 0 saturated carbocycles. The molecule has 0 bridgehead atoms. The number of benzene rings is 1. The van der Waals surface area contributed by atoms with Gasteiger partial charge in [-0.05, 0) is 24.1 Å². The summed E-state index contributed by atoms with van der Waals surface area (Å²) in [4.78, 5) is 3.42. The first-order valence-electron chi connectivity index (χ1n) is 5.11. The SMILES string of the molecule is [C-]#[N+]CCc1cn(C)c2cccc(C)c12. The van der Waals surface area contributed by atoms with E-state index >= 15 is 0 Å². The molecule has 1 heterocycles. The number of nitrogens with zero attached hydrogens (tertiary/aromatic N) is 2. The van der Waals surface area contributed by atoms with Gasteiger partial charge in [0.1, 0.15) is 0 Å². The minimum absolute atomic E-state index is 0.577. The van der Waals surface area contributed by atoms with E-state index in [0.29, 0.717) is 6.54 Å². The molecule has 1 aromatic heterocycles. The van der Waals surface area contributed by atoms with Crippen molar-refractivity contribution in [2.24, 2.45) is 7.05 Å². The lowest BCUT2D eigenvalue weighted by Gasteiger charge is -1.99. The van der Waals surface area contributed by atoms with E-state index < -0.39 is 0 Å². The van der Waals surface area contributed by atoms with Crippen LogP contribution in [0.15, 0.2) is 24.4 Å². The van der Waals surface area contributed by atoms with E-state index in [9.17, 15) is 0 Å². The van der Waals surface area contributed by atoms with Crippen LogP contribution in [0.3, 0.4) is 0 Å². The van der Waals surface area contributed by atoms with Crippen LogP contribution in [0, 0.1) is 13.5 Å². The molecule has 0 N–H and O–H groups in total. The maximum atomic E-state index is 6.84. The predicted molar refractivity (Wildman–Crippen MR) is 62.8 cm³/mol. The van der Waals surface area contributed by atoms with E-state index in [2.05, 4.69) is 47.8 Å². The second-order valence-electron chi connectivity index (χ2n) is 3.87. The van der Waals surface area contributed by atoms with E-state index in [0.717, 1.165) is 6.42 Å². The Bertz CT molecular complexity index is 529. The zero-order valence-electron chi connectivity index (χ0n) is 9.12. The van der Waals surface area contributed by atoms with Gasteiger partial charge in [0, 0.05) is 30.6 Å². The highest BCUT2D eigenvalue weighted by Crippen LogP contribution is 2.24. The standard InChI is InChI=1S/C13H14N2/c1-10-5-4-6-12-13(10)11(7-8-14-2)9-15(12)3/h4-6,9H,7-8H2,1,3H3. The Kier molecular flexibility index (Phi) is 2.47. The van der Waals surface area contributed by atoms with Gasteiger partial charge in [0.25, 0.3) is 0 Å². The van der Waals surface area contributed by atoms with Crippen molar-refractivity contribution in [1.82, 2.24) is 4.57 Å². The number of rotatable bonds is 2. The molecule has 1 aromatic carbocycles. The average molecular weight is 198 g/mol. The maximum absolute atomic E-state index is 6.84. The maximum Gasteiger partial charge on any atom is 0.218 e. The first-order valence-corrected chi connectivity index (χ1v) is 5.11. The lowest BCUT2D eigenvalue weighted by molar-refractivity contribution is 0.950. The minimum atomic E-state index is 0.577. The van der Waals surface area contributed by atoms with Gasteiger partial charge in [0.15, 0.2) is 0 Å². The van der Waals surface area contributed by atoms with Crippen LogP contribution in [0.2, 0.25) is 0 Å². The number of hydrogen-bond donors (Lipinski definition) is 0. The van der Waals surface area contributed by atoms with Crippen molar-refractivity contribution in [3.05, 3.63) is 46.9 Å². The number of hydrogen-bond acceptors (Lipinski definition) is 0. The van der Waals surface area contributed by atoms with Gasteiger partial charge in [-0.3, -0.25) is 0 Å². The summed E-state index contributed by atoms with van der Waals surface area (Å²) in [5.74, 6) is 0. The third kappa shape index (κ3) is 1.61. The molecule has 2 aromatic rings. The Morgan fingerprint density at radius 2 is 2.20 bits per heavy atom. The molecule has 2 heteroatoms. The molecule has 2 nitrogen and oxygen atoms in total. The zero-order chi connectivity index (χ0) is 10.8. The second-order valence-corrected chi connectivity index (χ2v) is 3.87. The highest BCUT2D eigenvalue weighted by atomic mass is 14.9. The average Bonchev–Trinajstić information content (AvgIpc) is 2.55. The van der Waals surface area contributed by atoms with Crippen molar-refractivity contribution in [3.8, 4) is 0 Å². The zero-order valence-corrected chi connectivity index (χ0v) is 9.12. The van der Waals surface area contributed by atoms with Gasteiger partial charge >= 0.3 is 0 Å². The third-order valence-electron chi connectivity index (χ3n) is 2.79. The molecule has 0 spiro atoms. The summed E-state index contributed by atoms with van der Waals surface area (Å²) in [6.45, 7) is 9.54. The van der Waals surface area contributed by atoms with E-state index in [-0.39, 0.29) is 0 Å². The second kappa shape index (κ2) is 3.78. The third-order valence-corrected chi connectivity index (χ3v) is 2.79. The Hall–Kier alpha value is -1.75. The molecule has 15 heavy (non-hydrogen) atoms. The highest BCUT2D eigenvalue weighted by molar-refractivity contribution is 5.87. The topological polar surface area (TPSA) is 9.29 Å². The molecule has 2 rings (SSSR count). The molecule has 0 unspecified atom stereocenters. The van der Waals surface area contributed by atoms with Crippen molar-refractivity contribution in [1.29, 1.82) is 0 Å². The molecule has 0 aliphatic heterocycles. The Balaban J connectivity index is 2.60. The van der Waals surface area contributed by atoms with Crippen molar-refractivity contribution in [2.75, 3.05) is 6.54 Å². The van der Waals surface area contributed by atoms with Gasteiger partial charge in [-0.2, -0.15) is 0 Å². The summed E-state index contributed by atoms with van der Waals surface area (Å²) >= 11 is 0. The van der Waals surface area contributed by atoms with Crippen LogP contribution in [-0.2, 0) is 13.5 Å². The van der Waals surface area contributed by atoms with Crippen LogP contribution < -0.4 is 0 Å². The van der Waals surface area contributed by atoms with Crippen molar-refractivity contribution >= 4 is 10.9 Å². The van der Waals surface area contributed by atoms with Crippen molar-refractivity contribution in [3.63, 3.8) is 0 Å². The van der Waals surface area contributed by atoms with Crippen LogP contribution in [0.5, 0.6) is 0 Å². The van der Waals surface area contributed by atoms with E-state index in [1.165, 1.54) is 22.0 Å². The first kappa shape index (κ1) is 9.79. The van der Waals surface area contributed by atoms with Crippen molar-refractivity contribution < 1.29 is 0 Å². The molecular formula is C13H14N2. The molecule has 0 amide bonds. The van der Waals surface area contributed by atoms with Crippen LogP contribution in [-0.4, -0.2) is 11.1 Å². The van der Waals surface area contributed by atoms with Crippen LogP contribution in [0.4, 0.5) is 0 Å². The monoisotopic (exact) mass is 198 g/mol. The predicted octanol–water partition coefficient (Wildman–Crippen LogP) is 2.95. The summed E-state index contributed by atoms with van der Waals surface area (Å²) < 4.78 is 2.14. The lowest BCUT2D eigenvalue weighted by atomic mass is 10.1. The van der Waals surface area contributed by atoms with Crippen molar-refractivity contribution in [2.45, 2.75) is 13.3 Å². The van der Waals surface area contributed by atoms with Crippen LogP contribution in [0.1, 0.15) is 11.1 Å². The molecule has 0 saturated heterocycles.